The van der Waals surface area contributed by atoms with E-state index in [0.717, 1.165) is 12.0 Å². The van der Waals surface area contributed by atoms with Crippen molar-refractivity contribution in [2.75, 3.05) is 6.54 Å². The van der Waals surface area contributed by atoms with Crippen LogP contribution in [0.5, 0.6) is 0 Å². The standard InChI is InChI=1S/C13H25NO/c1-13(2,3)15-12-8-11(9-12)14-7-6-10-4-5-10/h10-12,14H,4-9H2,1-3H3. The Morgan fingerprint density at radius 2 is 1.87 bits per heavy atom. The van der Waals surface area contributed by atoms with E-state index in [4.69, 9.17) is 4.74 Å². The monoisotopic (exact) mass is 211 g/mol. The first-order chi connectivity index (χ1) is 7.03. The molecule has 2 rings (SSSR count). The van der Waals surface area contributed by atoms with Gasteiger partial charge in [-0.15, -0.1) is 0 Å². The Labute approximate surface area is 93.8 Å². The molecule has 0 amide bonds. The van der Waals surface area contributed by atoms with Crippen molar-refractivity contribution in [3.63, 3.8) is 0 Å². The smallest absolute Gasteiger partial charge is 0.0612 e. The highest BCUT2D eigenvalue weighted by atomic mass is 16.5. The Morgan fingerprint density at radius 1 is 1.20 bits per heavy atom. The fourth-order valence-electron chi connectivity index (χ4n) is 2.23. The molecule has 0 aromatic rings. The van der Waals surface area contributed by atoms with E-state index >= 15 is 0 Å². The summed E-state index contributed by atoms with van der Waals surface area (Å²) in [4.78, 5) is 0. The Balaban J connectivity index is 1.49. The molecule has 15 heavy (non-hydrogen) atoms. The van der Waals surface area contributed by atoms with Crippen molar-refractivity contribution in [2.24, 2.45) is 5.92 Å². The third kappa shape index (κ3) is 4.12. The maximum Gasteiger partial charge on any atom is 0.0612 e. The second-order valence-electron chi connectivity index (χ2n) is 6.21. The molecule has 0 spiro atoms. The van der Waals surface area contributed by atoms with Crippen LogP contribution in [0.2, 0.25) is 0 Å². The Kier molecular flexibility index (Phi) is 3.36. The van der Waals surface area contributed by atoms with Gasteiger partial charge in [0.15, 0.2) is 0 Å². The topological polar surface area (TPSA) is 21.3 Å². The van der Waals surface area contributed by atoms with Gasteiger partial charge in [0.2, 0.25) is 0 Å². The number of nitrogens with one attached hydrogen (secondary N) is 1. The molecule has 2 aliphatic rings. The summed E-state index contributed by atoms with van der Waals surface area (Å²) in [7, 11) is 0. The van der Waals surface area contributed by atoms with Gasteiger partial charge >= 0.3 is 0 Å². The Bertz CT molecular complexity index is 199. The van der Waals surface area contributed by atoms with E-state index in [1.807, 2.05) is 0 Å². The normalized spacial score (nSPS) is 31.4. The predicted octanol–water partition coefficient (Wildman–Crippen LogP) is 2.72. The third-order valence-corrected chi connectivity index (χ3v) is 3.30. The molecule has 0 heterocycles. The van der Waals surface area contributed by atoms with E-state index in [9.17, 15) is 0 Å². The summed E-state index contributed by atoms with van der Waals surface area (Å²) in [5, 5.41) is 3.63. The van der Waals surface area contributed by atoms with Gasteiger partial charge in [-0.05, 0) is 52.5 Å². The Morgan fingerprint density at radius 3 is 2.40 bits per heavy atom. The lowest BCUT2D eigenvalue weighted by molar-refractivity contribution is -0.102. The molecule has 2 heteroatoms. The second kappa shape index (κ2) is 4.42. The van der Waals surface area contributed by atoms with Crippen molar-refractivity contribution in [1.29, 1.82) is 0 Å². The lowest BCUT2D eigenvalue weighted by Crippen LogP contribution is -2.48. The van der Waals surface area contributed by atoms with Crippen LogP contribution in [-0.2, 0) is 4.74 Å². The minimum absolute atomic E-state index is 0.0314. The first-order valence-corrected chi connectivity index (χ1v) is 6.44. The van der Waals surface area contributed by atoms with Crippen molar-refractivity contribution in [3.05, 3.63) is 0 Å². The molecule has 2 aliphatic carbocycles. The largest absolute Gasteiger partial charge is 0.373 e. The van der Waals surface area contributed by atoms with Crippen molar-refractivity contribution >= 4 is 0 Å². The van der Waals surface area contributed by atoms with E-state index in [1.54, 1.807) is 0 Å². The van der Waals surface area contributed by atoms with E-state index in [2.05, 4.69) is 26.1 Å². The molecule has 0 radical (unpaired) electrons. The van der Waals surface area contributed by atoms with Gasteiger partial charge in [0.25, 0.3) is 0 Å². The zero-order chi connectivity index (χ0) is 10.9. The van der Waals surface area contributed by atoms with Crippen LogP contribution in [0.4, 0.5) is 0 Å². The molecule has 0 aromatic heterocycles. The molecular formula is C13H25NO. The van der Waals surface area contributed by atoms with Crippen LogP contribution in [0, 0.1) is 5.92 Å². The molecule has 0 saturated heterocycles. The summed E-state index contributed by atoms with van der Waals surface area (Å²) in [6.07, 6.45) is 7.26. The zero-order valence-corrected chi connectivity index (χ0v) is 10.4. The summed E-state index contributed by atoms with van der Waals surface area (Å²) >= 11 is 0. The molecule has 0 aliphatic heterocycles. The number of hydrogen-bond acceptors (Lipinski definition) is 2. The molecule has 0 unspecified atom stereocenters. The lowest BCUT2D eigenvalue weighted by atomic mass is 9.88. The maximum atomic E-state index is 5.90. The van der Waals surface area contributed by atoms with E-state index < -0.39 is 0 Å². The highest BCUT2D eigenvalue weighted by molar-refractivity contribution is 4.88. The van der Waals surface area contributed by atoms with Crippen molar-refractivity contribution in [3.8, 4) is 0 Å². The minimum Gasteiger partial charge on any atom is -0.373 e. The van der Waals surface area contributed by atoms with Crippen molar-refractivity contribution < 1.29 is 4.74 Å². The molecular weight excluding hydrogens is 186 g/mol. The summed E-state index contributed by atoms with van der Waals surface area (Å²) in [6, 6.07) is 0.732. The summed E-state index contributed by atoms with van der Waals surface area (Å²) in [5.41, 5.74) is 0.0314. The quantitative estimate of drug-likeness (QED) is 0.755. The van der Waals surface area contributed by atoms with Crippen LogP contribution in [0.1, 0.15) is 52.9 Å². The first-order valence-electron chi connectivity index (χ1n) is 6.44. The molecule has 0 atom stereocenters. The zero-order valence-electron chi connectivity index (χ0n) is 10.4. The van der Waals surface area contributed by atoms with Gasteiger partial charge in [-0.3, -0.25) is 0 Å². The average Bonchev–Trinajstić information content (AvgIpc) is 2.80. The number of hydrogen-bond donors (Lipinski definition) is 1. The molecule has 0 aromatic carbocycles. The fourth-order valence-corrected chi connectivity index (χ4v) is 2.23. The molecule has 1 N–H and O–H groups in total. The van der Waals surface area contributed by atoms with Crippen molar-refractivity contribution in [2.45, 2.75) is 70.6 Å². The highest BCUT2D eigenvalue weighted by Gasteiger charge is 2.32. The van der Waals surface area contributed by atoms with Crippen molar-refractivity contribution in [1.82, 2.24) is 5.32 Å². The average molecular weight is 211 g/mol. The van der Waals surface area contributed by atoms with E-state index in [-0.39, 0.29) is 5.60 Å². The molecule has 2 saturated carbocycles. The SMILES string of the molecule is CC(C)(C)OC1CC(NCCC2CC2)C1. The van der Waals surface area contributed by atoms with Gasteiger partial charge in [0, 0.05) is 6.04 Å². The maximum absolute atomic E-state index is 5.90. The van der Waals surface area contributed by atoms with Crippen LogP contribution in [0.25, 0.3) is 0 Å². The van der Waals surface area contributed by atoms with Crippen LogP contribution < -0.4 is 5.32 Å². The lowest BCUT2D eigenvalue weighted by Gasteiger charge is -2.39. The van der Waals surface area contributed by atoms with Crippen LogP contribution in [0.15, 0.2) is 0 Å². The summed E-state index contributed by atoms with van der Waals surface area (Å²) < 4.78 is 5.90. The van der Waals surface area contributed by atoms with Crippen LogP contribution >= 0.6 is 0 Å². The van der Waals surface area contributed by atoms with Crippen LogP contribution in [-0.4, -0.2) is 24.3 Å². The molecule has 0 bridgehead atoms. The molecule has 2 nitrogen and oxygen atoms in total. The molecule has 88 valence electrons. The van der Waals surface area contributed by atoms with Gasteiger partial charge in [-0.1, -0.05) is 12.8 Å². The van der Waals surface area contributed by atoms with E-state index in [1.165, 1.54) is 38.6 Å². The van der Waals surface area contributed by atoms with Gasteiger partial charge in [0.1, 0.15) is 0 Å². The minimum atomic E-state index is 0.0314. The van der Waals surface area contributed by atoms with E-state index in [0.29, 0.717) is 6.10 Å². The highest BCUT2D eigenvalue weighted by Crippen LogP contribution is 2.32. The van der Waals surface area contributed by atoms with Gasteiger partial charge < -0.3 is 10.1 Å². The first kappa shape index (κ1) is 11.4. The summed E-state index contributed by atoms with van der Waals surface area (Å²) in [6.45, 7) is 7.64. The van der Waals surface area contributed by atoms with Crippen LogP contribution in [0.3, 0.4) is 0 Å². The second-order valence-corrected chi connectivity index (χ2v) is 6.21. The third-order valence-electron chi connectivity index (χ3n) is 3.30. The van der Waals surface area contributed by atoms with Gasteiger partial charge in [-0.2, -0.15) is 0 Å². The number of rotatable bonds is 5. The fraction of sp³-hybridized carbons (Fsp3) is 1.00. The summed E-state index contributed by atoms with van der Waals surface area (Å²) in [5.74, 6) is 1.05. The molecule has 2 fully saturated rings. The van der Waals surface area contributed by atoms with Gasteiger partial charge in [0.05, 0.1) is 11.7 Å². The number of ether oxygens (including phenoxy) is 1. The predicted molar refractivity (Wildman–Crippen MR) is 63.0 cm³/mol. The van der Waals surface area contributed by atoms with Gasteiger partial charge in [-0.25, -0.2) is 0 Å². The Hall–Kier alpha value is -0.0800.